The number of carbonyl (C=O) groups excluding carboxylic acids is 2. The number of aryl methyl sites for hydroxylation is 1. The fraction of sp³-hybridized carbons (Fsp3) is 0.333. The third kappa shape index (κ3) is 5.09. The van der Waals surface area contributed by atoms with Gasteiger partial charge in [-0.05, 0) is 76.1 Å². The minimum absolute atomic E-state index is 0.190. The second-order valence-electron chi connectivity index (χ2n) is 6.47. The largest absolute Gasteiger partial charge is 0.479 e. The molecule has 26 heavy (non-hydrogen) atoms. The highest BCUT2D eigenvalue weighted by Crippen LogP contribution is 2.20. The van der Waals surface area contributed by atoms with Crippen molar-refractivity contribution in [3.63, 3.8) is 0 Å². The third-order valence-corrected chi connectivity index (χ3v) is 3.97. The van der Waals surface area contributed by atoms with Gasteiger partial charge in [-0.2, -0.15) is 0 Å². The first-order chi connectivity index (χ1) is 12.3. The first-order valence-electron chi connectivity index (χ1n) is 8.62. The maximum Gasteiger partial charge on any atom is 0.347 e. The molecule has 0 bridgehead atoms. The van der Waals surface area contributed by atoms with Crippen LogP contribution in [0.5, 0.6) is 5.75 Å². The fourth-order valence-corrected chi connectivity index (χ4v) is 2.35. The van der Waals surface area contributed by atoms with E-state index < -0.39 is 12.1 Å². The first-order valence-corrected chi connectivity index (χ1v) is 8.62. The van der Waals surface area contributed by atoms with Crippen LogP contribution in [0.15, 0.2) is 42.5 Å². The monoisotopic (exact) mass is 355 g/mol. The smallest absolute Gasteiger partial charge is 0.347 e. The van der Waals surface area contributed by atoms with E-state index in [4.69, 9.17) is 9.47 Å². The Morgan fingerprint density at radius 1 is 0.962 bits per heavy atom. The summed E-state index contributed by atoms with van der Waals surface area (Å²) in [5.41, 5.74) is 3.46. The van der Waals surface area contributed by atoms with Crippen LogP contribution in [0.1, 0.15) is 42.3 Å². The minimum Gasteiger partial charge on any atom is -0.479 e. The summed E-state index contributed by atoms with van der Waals surface area (Å²) in [5.74, 6) is -0.115. The van der Waals surface area contributed by atoms with E-state index in [2.05, 4.69) is 5.32 Å². The van der Waals surface area contributed by atoms with Gasteiger partial charge in [-0.25, -0.2) is 4.79 Å². The zero-order valence-electron chi connectivity index (χ0n) is 15.8. The van der Waals surface area contributed by atoms with Crippen molar-refractivity contribution in [1.82, 2.24) is 0 Å². The average molecular weight is 355 g/mol. The summed E-state index contributed by atoms with van der Waals surface area (Å²) in [6.45, 7) is 9.18. The van der Waals surface area contributed by atoms with E-state index in [1.54, 1.807) is 45.0 Å². The molecule has 2 rings (SSSR count). The third-order valence-electron chi connectivity index (χ3n) is 3.97. The number of esters is 1. The van der Waals surface area contributed by atoms with Crippen LogP contribution in [0.25, 0.3) is 0 Å². The van der Waals surface area contributed by atoms with Crippen LogP contribution in [0.3, 0.4) is 0 Å². The zero-order chi connectivity index (χ0) is 19.3. The lowest BCUT2D eigenvalue weighted by Gasteiger charge is -2.16. The summed E-state index contributed by atoms with van der Waals surface area (Å²) >= 11 is 0. The molecule has 138 valence electrons. The Hall–Kier alpha value is -2.82. The Balaban J connectivity index is 2.01. The van der Waals surface area contributed by atoms with Gasteiger partial charge in [0.2, 0.25) is 0 Å². The van der Waals surface area contributed by atoms with Crippen LogP contribution >= 0.6 is 0 Å². The molecule has 0 radical (unpaired) electrons. The topological polar surface area (TPSA) is 64.6 Å². The predicted molar refractivity (Wildman–Crippen MR) is 102 cm³/mol. The molecule has 2 aromatic carbocycles. The summed E-state index contributed by atoms with van der Waals surface area (Å²) in [7, 11) is 0. The summed E-state index contributed by atoms with van der Waals surface area (Å²) in [6.07, 6.45) is -0.906. The molecule has 1 N–H and O–H groups in total. The van der Waals surface area contributed by atoms with Crippen molar-refractivity contribution in [3.8, 4) is 5.75 Å². The van der Waals surface area contributed by atoms with Crippen molar-refractivity contribution in [2.24, 2.45) is 0 Å². The summed E-state index contributed by atoms with van der Waals surface area (Å²) < 4.78 is 10.7. The lowest BCUT2D eigenvalue weighted by molar-refractivity contribution is -0.154. The number of amides is 1. The standard InChI is InChI=1S/C21H25NO4/c1-13(2)25-21(24)16(5)26-18-11-9-17(10-12-18)20(23)22-19-8-6-7-14(3)15(19)4/h6-13,16H,1-5H3,(H,22,23)/t16-/m0/s1. The molecule has 0 saturated carbocycles. The molecule has 0 aliphatic carbocycles. The maximum absolute atomic E-state index is 12.4. The second kappa shape index (κ2) is 8.52. The van der Waals surface area contributed by atoms with Gasteiger partial charge in [-0.1, -0.05) is 12.1 Å². The summed E-state index contributed by atoms with van der Waals surface area (Å²) in [4.78, 5) is 24.2. The van der Waals surface area contributed by atoms with Crippen LogP contribution in [0.2, 0.25) is 0 Å². The van der Waals surface area contributed by atoms with E-state index in [0.29, 0.717) is 11.3 Å². The van der Waals surface area contributed by atoms with Gasteiger partial charge in [0.05, 0.1) is 6.10 Å². The van der Waals surface area contributed by atoms with Crippen molar-refractivity contribution in [2.75, 3.05) is 5.32 Å². The normalized spacial score (nSPS) is 11.8. The number of nitrogens with one attached hydrogen (secondary N) is 1. The average Bonchev–Trinajstić information content (AvgIpc) is 2.59. The molecule has 0 fully saturated rings. The minimum atomic E-state index is -0.716. The highest BCUT2D eigenvalue weighted by atomic mass is 16.6. The quantitative estimate of drug-likeness (QED) is 0.786. The molecule has 2 aromatic rings. The van der Waals surface area contributed by atoms with Gasteiger partial charge in [-0.3, -0.25) is 4.79 Å². The van der Waals surface area contributed by atoms with E-state index in [0.717, 1.165) is 16.8 Å². The van der Waals surface area contributed by atoms with Crippen molar-refractivity contribution in [1.29, 1.82) is 0 Å². The van der Waals surface area contributed by atoms with Crippen molar-refractivity contribution < 1.29 is 19.1 Å². The molecule has 1 atom stereocenters. The van der Waals surface area contributed by atoms with Crippen molar-refractivity contribution in [2.45, 2.75) is 46.8 Å². The number of rotatable bonds is 6. The Morgan fingerprint density at radius 2 is 1.62 bits per heavy atom. The second-order valence-corrected chi connectivity index (χ2v) is 6.47. The number of benzene rings is 2. The molecule has 5 nitrogen and oxygen atoms in total. The van der Waals surface area contributed by atoms with Gasteiger partial charge in [0.15, 0.2) is 6.10 Å². The van der Waals surface area contributed by atoms with Crippen LogP contribution < -0.4 is 10.1 Å². The van der Waals surface area contributed by atoms with Crippen LogP contribution in [-0.2, 0) is 9.53 Å². The van der Waals surface area contributed by atoms with Gasteiger partial charge < -0.3 is 14.8 Å². The van der Waals surface area contributed by atoms with Crippen molar-refractivity contribution >= 4 is 17.6 Å². The number of ether oxygens (including phenoxy) is 2. The van der Waals surface area contributed by atoms with Crippen LogP contribution in [0, 0.1) is 13.8 Å². The molecule has 0 spiro atoms. The molecular formula is C21H25NO4. The van der Waals surface area contributed by atoms with Gasteiger partial charge in [0.25, 0.3) is 5.91 Å². The summed E-state index contributed by atoms with van der Waals surface area (Å²) in [6, 6.07) is 12.4. The van der Waals surface area contributed by atoms with Gasteiger partial charge >= 0.3 is 5.97 Å². The highest BCUT2D eigenvalue weighted by molar-refractivity contribution is 6.04. The predicted octanol–water partition coefficient (Wildman–Crippen LogP) is 4.27. The lowest BCUT2D eigenvalue weighted by Crippen LogP contribution is -2.28. The number of hydrogen-bond acceptors (Lipinski definition) is 4. The van der Waals surface area contributed by atoms with E-state index in [1.807, 2.05) is 32.0 Å². The number of hydrogen-bond donors (Lipinski definition) is 1. The van der Waals surface area contributed by atoms with Crippen molar-refractivity contribution in [3.05, 3.63) is 59.2 Å². The SMILES string of the molecule is Cc1cccc(NC(=O)c2ccc(O[C@@H](C)C(=O)OC(C)C)cc2)c1C. The van der Waals surface area contributed by atoms with Crippen LogP contribution in [-0.4, -0.2) is 24.1 Å². The van der Waals surface area contributed by atoms with Gasteiger partial charge in [0, 0.05) is 11.3 Å². The van der Waals surface area contributed by atoms with E-state index in [-0.39, 0.29) is 12.0 Å². The maximum atomic E-state index is 12.4. The Morgan fingerprint density at radius 3 is 2.23 bits per heavy atom. The zero-order valence-corrected chi connectivity index (χ0v) is 15.8. The fourth-order valence-electron chi connectivity index (χ4n) is 2.35. The molecule has 0 aromatic heterocycles. The molecule has 0 aliphatic rings. The van der Waals surface area contributed by atoms with E-state index in [1.165, 1.54) is 0 Å². The first kappa shape index (κ1) is 19.5. The Bertz CT molecular complexity index is 781. The Kier molecular flexibility index (Phi) is 6.39. The molecular weight excluding hydrogens is 330 g/mol. The van der Waals surface area contributed by atoms with Gasteiger partial charge in [-0.15, -0.1) is 0 Å². The van der Waals surface area contributed by atoms with Crippen LogP contribution in [0.4, 0.5) is 5.69 Å². The van der Waals surface area contributed by atoms with Gasteiger partial charge in [0.1, 0.15) is 5.75 Å². The molecule has 0 aliphatic heterocycles. The Labute approximate surface area is 154 Å². The molecule has 0 unspecified atom stereocenters. The lowest BCUT2D eigenvalue weighted by atomic mass is 10.1. The molecule has 0 saturated heterocycles. The molecule has 0 heterocycles. The van der Waals surface area contributed by atoms with E-state index >= 15 is 0 Å². The molecule has 5 heteroatoms. The number of carbonyl (C=O) groups is 2. The highest BCUT2D eigenvalue weighted by Gasteiger charge is 2.18. The molecule has 1 amide bonds. The van der Waals surface area contributed by atoms with E-state index in [9.17, 15) is 9.59 Å². The number of anilines is 1. The summed E-state index contributed by atoms with van der Waals surface area (Å²) in [5, 5.41) is 2.91.